The molecule has 29 heavy (non-hydrogen) atoms. The fourth-order valence-electron chi connectivity index (χ4n) is 4.43. The van der Waals surface area contributed by atoms with E-state index in [9.17, 15) is 4.79 Å². The zero-order chi connectivity index (χ0) is 19.8. The van der Waals surface area contributed by atoms with Gasteiger partial charge in [-0.1, -0.05) is 28.9 Å². The van der Waals surface area contributed by atoms with Gasteiger partial charge in [0.05, 0.1) is 16.7 Å². The van der Waals surface area contributed by atoms with Crippen molar-refractivity contribution in [3.05, 3.63) is 63.7 Å². The van der Waals surface area contributed by atoms with Gasteiger partial charge < -0.3 is 14.4 Å². The lowest BCUT2D eigenvalue weighted by Crippen LogP contribution is -2.34. The highest BCUT2D eigenvalue weighted by atomic mass is 35.5. The first-order valence-corrected chi connectivity index (χ1v) is 10.5. The van der Waals surface area contributed by atoms with Crippen LogP contribution in [0.4, 0.5) is 0 Å². The SMILES string of the molecule is O=c1[nH]c2ccc(Cl)cc2n1CCCN1CCC(c2noc3ccccc23)CC1. The van der Waals surface area contributed by atoms with E-state index < -0.39 is 0 Å². The molecule has 5 rings (SSSR count). The predicted molar refractivity (Wildman–Crippen MR) is 115 cm³/mol. The second kappa shape index (κ2) is 7.69. The summed E-state index contributed by atoms with van der Waals surface area (Å²) in [4.78, 5) is 17.6. The number of nitrogens with zero attached hydrogens (tertiary/aromatic N) is 3. The predicted octanol–water partition coefficient (Wildman–Crippen LogP) is 4.39. The molecule has 0 aliphatic carbocycles. The Morgan fingerprint density at radius 3 is 2.83 bits per heavy atom. The van der Waals surface area contributed by atoms with Gasteiger partial charge in [0, 0.05) is 22.9 Å². The Hall–Kier alpha value is -2.57. The molecular weight excluding hydrogens is 388 g/mol. The highest BCUT2D eigenvalue weighted by Gasteiger charge is 2.24. The molecule has 0 spiro atoms. The lowest BCUT2D eigenvalue weighted by molar-refractivity contribution is 0.204. The van der Waals surface area contributed by atoms with Gasteiger partial charge in [0.1, 0.15) is 0 Å². The minimum atomic E-state index is -0.0705. The van der Waals surface area contributed by atoms with Crippen LogP contribution in [0.5, 0.6) is 0 Å². The van der Waals surface area contributed by atoms with E-state index in [0.29, 0.717) is 17.5 Å². The minimum Gasteiger partial charge on any atom is -0.356 e. The molecule has 1 aliphatic rings. The number of aromatic nitrogens is 3. The topological polar surface area (TPSA) is 67.1 Å². The second-order valence-electron chi connectivity index (χ2n) is 7.78. The maximum atomic E-state index is 12.2. The van der Waals surface area contributed by atoms with E-state index in [4.69, 9.17) is 16.1 Å². The molecule has 1 aliphatic heterocycles. The van der Waals surface area contributed by atoms with Gasteiger partial charge >= 0.3 is 5.69 Å². The van der Waals surface area contributed by atoms with Crippen molar-refractivity contribution in [1.29, 1.82) is 0 Å². The first-order valence-electron chi connectivity index (χ1n) is 10.1. The Morgan fingerprint density at radius 1 is 1.14 bits per heavy atom. The number of para-hydroxylation sites is 1. The third-order valence-electron chi connectivity index (χ3n) is 5.97. The number of piperidine rings is 1. The Bertz CT molecular complexity index is 1200. The van der Waals surface area contributed by atoms with E-state index in [1.54, 1.807) is 10.6 Å². The van der Waals surface area contributed by atoms with Gasteiger partial charge in [0.2, 0.25) is 0 Å². The Kier molecular flexibility index (Phi) is 4.89. The van der Waals surface area contributed by atoms with Gasteiger partial charge in [0.15, 0.2) is 5.58 Å². The standard InChI is InChI=1S/C22H23ClN4O2/c23-16-6-7-18-19(14-16)27(22(28)24-18)11-3-10-26-12-8-15(9-13-26)21-17-4-1-2-5-20(17)29-25-21/h1-2,4-7,14-15H,3,8-13H2,(H,24,28). The molecule has 4 aromatic rings. The maximum Gasteiger partial charge on any atom is 0.326 e. The third-order valence-corrected chi connectivity index (χ3v) is 6.21. The molecule has 1 saturated heterocycles. The fourth-order valence-corrected chi connectivity index (χ4v) is 4.60. The Morgan fingerprint density at radius 2 is 1.97 bits per heavy atom. The summed E-state index contributed by atoms with van der Waals surface area (Å²) in [6.07, 6.45) is 3.09. The molecule has 0 radical (unpaired) electrons. The van der Waals surface area contributed by atoms with Gasteiger partial charge in [-0.2, -0.15) is 0 Å². The molecule has 2 aromatic carbocycles. The number of H-pyrrole nitrogens is 1. The Labute approximate surface area is 173 Å². The van der Waals surface area contributed by atoms with Crippen molar-refractivity contribution in [2.24, 2.45) is 0 Å². The summed E-state index contributed by atoms with van der Waals surface area (Å²) in [7, 11) is 0. The van der Waals surface area contributed by atoms with Crippen LogP contribution in [-0.4, -0.2) is 39.2 Å². The Balaban J connectivity index is 1.18. The molecule has 2 aromatic heterocycles. The maximum absolute atomic E-state index is 12.2. The van der Waals surface area contributed by atoms with Crippen LogP contribution in [0, 0.1) is 0 Å². The number of imidazole rings is 1. The minimum absolute atomic E-state index is 0.0705. The highest BCUT2D eigenvalue weighted by Crippen LogP contribution is 2.32. The first-order chi connectivity index (χ1) is 14.2. The number of fused-ring (bicyclic) bond motifs is 2. The van der Waals surface area contributed by atoms with Gasteiger partial charge in [-0.15, -0.1) is 0 Å². The van der Waals surface area contributed by atoms with Crippen molar-refractivity contribution in [2.45, 2.75) is 31.7 Å². The second-order valence-corrected chi connectivity index (χ2v) is 8.21. The van der Waals surface area contributed by atoms with Crippen molar-refractivity contribution in [1.82, 2.24) is 19.6 Å². The van der Waals surface area contributed by atoms with Crippen molar-refractivity contribution in [2.75, 3.05) is 19.6 Å². The van der Waals surface area contributed by atoms with Crippen LogP contribution in [0.3, 0.4) is 0 Å². The van der Waals surface area contributed by atoms with E-state index in [0.717, 1.165) is 66.6 Å². The molecule has 0 saturated carbocycles. The van der Waals surface area contributed by atoms with Gasteiger partial charge in [-0.05, 0) is 69.2 Å². The molecule has 7 heteroatoms. The number of aromatic amines is 1. The van der Waals surface area contributed by atoms with Crippen LogP contribution < -0.4 is 5.69 Å². The smallest absolute Gasteiger partial charge is 0.326 e. The van der Waals surface area contributed by atoms with Crippen molar-refractivity contribution in [3.8, 4) is 0 Å². The molecule has 150 valence electrons. The molecule has 1 N–H and O–H groups in total. The van der Waals surface area contributed by atoms with Crippen LogP contribution >= 0.6 is 11.6 Å². The number of likely N-dealkylation sites (tertiary alicyclic amines) is 1. The van der Waals surface area contributed by atoms with Crippen molar-refractivity contribution >= 4 is 33.6 Å². The summed E-state index contributed by atoms with van der Waals surface area (Å²) >= 11 is 6.10. The lowest BCUT2D eigenvalue weighted by atomic mass is 9.91. The van der Waals surface area contributed by atoms with Crippen LogP contribution in [0.2, 0.25) is 5.02 Å². The molecule has 3 heterocycles. The summed E-state index contributed by atoms with van der Waals surface area (Å²) in [5, 5.41) is 6.13. The van der Waals surface area contributed by atoms with Crippen LogP contribution in [0.15, 0.2) is 51.8 Å². The largest absolute Gasteiger partial charge is 0.356 e. The van der Waals surface area contributed by atoms with Crippen LogP contribution in [-0.2, 0) is 6.54 Å². The monoisotopic (exact) mass is 410 g/mol. The van der Waals surface area contributed by atoms with Crippen molar-refractivity contribution in [3.63, 3.8) is 0 Å². The van der Waals surface area contributed by atoms with E-state index in [-0.39, 0.29) is 5.69 Å². The van der Waals surface area contributed by atoms with Crippen molar-refractivity contribution < 1.29 is 4.52 Å². The number of hydrogen-bond acceptors (Lipinski definition) is 4. The third kappa shape index (κ3) is 3.58. The highest BCUT2D eigenvalue weighted by molar-refractivity contribution is 6.31. The van der Waals surface area contributed by atoms with E-state index >= 15 is 0 Å². The molecule has 0 atom stereocenters. The summed E-state index contributed by atoms with van der Waals surface area (Å²) in [5.74, 6) is 0.452. The molecule has 6 nitrogen and oxygen atoms in total. The zero-order valence-corrected chi connectivity index (χ0v) is 16.9. The lowest BCUT2D eigenvalue weighted by Gasteiger charge is -2.31. The number of hydrogen-bond donors (Lipinski definition) is 1. The number of nitrogens with one attached hydrogen (secondary N) is 1. The quantitative estimate of drug-likeness (QED) is 0.529. The molecule has 0 amide bonds. The zero-order valence-electron chi connectivity index (χ0n) is 16.1. The number of rotatable bonds is 5. The van der Waals surface area contributed by atoms with Crippen LogP contribution in [0.25, 0.3) is 22.0 Å². The van der Waals surface area contributed by atoms with E-state index in [1.165, 1.54) is 0 Å². The molecular formula is C22H23ClN4O2. The molecule has 0 unspecified atom stereocenters. The number of aryl methyl sites for hydroxylation is 1. The average molecular weight is 411 g/mol. The van der Waals surface area contributed by atoms with E-state index in [2.05, 4.69) is 21.1 Å². The fraction of sp³-hybridized carbons (Fsp3) is 0.364. The average Bonchev–Trinajstić information content (AvgIpc) is 3.30. The number of benzene rings is 2. The first kappa shape index (κ1) is 18.5. The van der Waals surface area contributed by atoms with E-state index in [1.807, 2.05) is 30.3 Å². The van der Waals surface area contributed by atoms with Gasteiger partial charge in [-0.25, -0.2) is 4.79 Å². The summed E-state index contributed by atoms with van der Waals surface area (Å²) < 4.78 is 7.27. The summed E-state index contributed by atoms with van der Waals surface area (Å²) in [6.45, 7) is 3.75. The summed E-state index contributed by atoms with van der Waals surface area (Å²) in [5.41, 5.74) is 3.61. The molecule has 0 bridgehead atoms. The number of halogens is 1. The van der Waals surface area contributed by atoms with Gasteiger partial charge in [0.25, 0.3) is 0 Å². The van der Waals surface area contributed by atoms with Crippen LogP contribution in [0.1, 0.15) is 30.9 Å². The van der Waals surface area contributed by atoms with Gasteiger partial charge in [-0.3, -0.25) is 4.57 Å². The summed E-state index contributed by atoms with van der Waals surface area (Å²) in [6, 6.07) is 13.6. The normalized spacial score (nSPS) is 16.2. The molecule has 1 fully saturated rings.